The molecule has 0 saturated heterocycles. The summed E-state index contributed by atoms with van der Waals surface area (Å²) < 4.78 is 0. The summed E-state index contributed by atoms with van der Waals surface area (Å²) in [5.74, 6) is -2.19. The molecule has 62 valence electrons. The Morgan fingerprint density at radius 1 is 1.50 bits per heavy atom. The molecule has 0 unspecified atom stereocenters. The number of carboxylic acids is 2. The van der Waals surface area contributed by atoms with Crippen LogP contribution < -0.4 is 24.0 Å². The molecule has 12 heavy (non-hydrogen) atoms. The fraction of sp³-hybridized carbons (Fsp3) is 0.429. The predicted octanol–water partition coefficient (Wildman–Crippen LogP) is -3.45. The molecular weight excluding hydrogens is 155 g/mol. The minimum absolute atomic E-state index is 0. The molecule has 0 aromatic heterocycles. The second-order valence-electron chi connectivity index (χ2n) is 2.11. The zero-order valence-corrected chi connectivity index (χ0v) is 7.16. The van der Waals surface area contributed by atoms with Crippen LogP contribution in [0.5, 0.6) is 0 Å². The van der Waals surface area contributed by atoms with Crippen molar-refractivity contribution in [1.82, 2.24) is 0 Å². The Hall–Kier alpha value is -0.723. The average Bonchev–Trinajstić information content (AvgIpc) is 1.86. The third kappa shape index (κ3) is 7.39. The van der Waals surface area contributed by atoms with Crippen molar-refractivity contribution >= 4 is 11.9 Å². The number of aliphatic carboxylic acids is 2. The van der Waals surface area contributed by atoms with Crippen LogP contribution in [0.2, 0.25) is 0 Å². The fourth-order valence-electron chi connectivity index (χ4n) is 0.495. The molecule has 0 aliphatic heterocycles. The average molecular weight is 164 g/mol. The maximum Gasteiger partial charge on any atom is 1.00 e. The van der Waals surface area contributed by atoms with E-state index >= 15 is 0 Å². The molecule has 0 aromatic rings. The molecule has 0 fully saturated rings. The van der Waals surface area contributed by atoms with E-state index in [1.54, 1.807) is 0 Å². The number of rotatable bonds is 4. The second kappa shape index (κ2) is 6.96. The monoisotopic (exact) mass is 164 g/mol. The normalized spacial score (nSPS) is 10.2. The van der Waals surface area contributed by atoms with Crippen molar-refractivity contribution in [2.75, 3.05) is 0 Å². The number of carbonyl (C=O) groups excluding carboxylic acids is 1. The van der Waals surface area contributed by atoms with Gasteiger partial charge in [0.1, 0.15) is 0 Å². The predicted molar refractivity (Wildman–Crippen MR) is 35.6 cm³/mol. The number of hydrogen-bond donors (Lipinski definition) is 1. The van der Waals surface area contributed by atoms with Gasteiger partial charge in [-0.05, 0) is 18.9 Å². The molecule has 0 aromatic carbocycles. The van der Waals surface area contributed by atoms with Crippen LogP contribution in [0.15, 0.2) is 11.6 Å². The van der Waals surface area contributed by atoms with Crippen LogP contribution in [0, 0.1) is 0 Å². The van der Waals surface area contributed by atoms with Crippen molar-refractivity contribution < 1.29 is 38.7 Å². The van der Waals surface area contributed by atoms with Gasteiger partial charge in [-0.1, -0.05) is 6.08 Å². The Labute approximate surface area is 82.4 Å². The van der Waals surface area contributed by atoms with Crippen LogP contribution in [-0.4, -0.2) is 17.0 Å². The SMILES string of the molecule is CC(=CCCC(=O)O)C(=O)[O-].[Li+]. The van der Waals surface area contributed by atoms with Crippen LogP contribution in [0.3, 0.4) is 0 Å². The van der Waals surface area contributed by atoms with Gasteiger partial charge in [-0.25, -0.2) is 0 Å². The van der Waals surface area contributed by atoms with E-state index in [-0.39, 0.29) is 37.3 Å². The van der Waals surface area contributed by atoms with E-state index < -0.39 is 11.9 Å². The summed E-state index contributed by atoms with van der Waals surface area (Å²) in [7, 11) is 0. The number of hydrogen-bond acceptors (Lipinski definition) is 3. The summed E-state index contributed by atoms with van der Waals surface area (Å²) in [4.78, 5) is 20.0. The van der Waals surface area contributed by atoms with Gasteiger partial charge < -0.3 is 15.0 Å². The smallest absolute Gasteiger partial charge is 0.545 e. The van der Waals surface area contributed by atoms with Crippen molar-refractivity contribution in [3.05, 3.63) is 11.6 Å². The summed E-state index contributed by atoms with van der Waals surface area (Å²) in [6.07, 6.45) is 1.52. The van der Waals surface area contributed by atoms with Gasteiger partial charge in [-0.3, -0.25) is 4.79 Å². The Morgan fingerprint density at radius 2 is 2.00 bits per heavy atom. The summed E-state index contributed by atoms with van der Waals surface area (Å²) in [5.41, 5.74) is 0.0752. The number of carboxylic acid groups (broad SMARTS) is 2. The maximum absolute atomic E-state index is 10.0. The van der Waals surface area contributed by atoms with Crippen molar-refractivity contribution in [2.24, 2.45) is 0 Å². The van der Waals surface area contributed by atoms with Gasteiger partial charge in [0.2, 0.25) is 0 Å². The zero-order valence-electron chi connectivity index (χ0n) is 7.16. The minimum Gasteiger partial charge on any atom is -0.545 e. The molecule has 5 heteroatoms. The Balaban J connectivity index is 0. The molecule has 0 bridgehead atoms. The van der Waals surface area contributed by atoms with Crippen molar-refractivity contribution in [2.45, 2.75) is 19.8 Å². The van der Waals surface area contributed by atoms with Crippen molar-refractivity contribution in [3.8, 4) is 0 Å². The van der Waals surface area contributed by atoms with E-state index in [9.17, 15) is 14.7 Å². The first-order chi connectivity index (χ1) is 5.04. The molecule has 0 saturated carbocycles. The molecule has 1 N–H and O–H groups in total. The van der Waals surface area contributed by atoms with Gasteiger partial charge in [0.25, 0.3) is 0 Å². The Kier molecular flexibility index (Phi) is 8.02. The van der Waals surface area contributed by atoms with Gasteiger partial charge in [0, 0.05) is 6.42 Å². The molecule has 0 atom stereocenters. The third-order valence-corrected chi connectivity index (χ3v) is 1.13. The first-order valence-corrected chi connectivity index (χ1v) is 3.14. The fourth-order valence-corrected chi connectivity index (χ4v) is 0.495. The summed E-state index contributed by atoms with van der Waals surface area (Å²) in [5, 5.41) is 18.2. The molecule has 0 radical (unpaired) electrons. The van der Waals surface area contributed by atoms with E-state index in [4.69, 9.17) is 5.11 Å². The third-order valence-electron chi connectivity index (χ3n) is 1.13. The van der Waals surface area contributed by atoms with E-state index in [2.05, 4.69) is 0 Å². The Bertz CT molecular complexity index is 198. The molecule has 0 spiro atoms. The molecule has 4 nitrogen and oxygen atoms in total. The van der Waals surface area contributed by atoms with Crippen LogP contribution in [0.4, 0.5) is 0 Å². The molecule has 0 aliphatic carbocycles. The quantitative estimate of drug-likeness (QED) is 0.346. The van der Waals surface area contributed by atoms with Crippen LogP contribution in [0.25, 0.3) is 0 Å². The first-order valence-electron chi connectivity index (χ1n) is 3.14. The summed E-state index contributed by atoms with van der Waals surface area (Å²) >= 11 is 0. The molecule has 0 heterocycles. The second-order valence-corrected chi connectivity index (χ2v) is 2.11. The van der Waals surface area contributed by atoms with Gasteiger partial charge in [-0.2, -0.15) is 0 Å². The summed E-state index contributed by atoms with van der Waals surface area (Å²) in [6, 6.07) is 0. The number of carbonyl (C=O) groups is 2. The van der Waals surface area contributed by atoms with Gasteiger partial charge in [0.15, 0.2) is 0 Å². The number of allylic oxidation sites excluding steroid dienone is 1. The molecular formula is C7H9LiO4. The van der Waals surface area contributed by atoms with Crippen molar-refractivity contribution in [3.63, 3.8) is 0 Å². The standard InChI is InChI=1S/C7H10O4.Li/c1-5(7(10)11)3-2-4-6(8)9;/h3H,2,4H2,1H3,(H,8,9)(H,10,11);/q;+1/p-1. The van der Waals surface area contributed by atoms with Gasteiger partial charge in [-0.15, -0.1) is 0 Å². The molecule has 0 amide bonds. The van der Waals surface area contributed by atoms with Gasteiger partial charge >= 0.3 is 24.8 Å². The molecule has 0 aliphatic rings. The zero-order chi connectivity index (χ0) is 8.85. The Morgan fingerprint density at radius 3 is 2.33 bits per heavy atom. The largest absolute Gasteiger partial charge is 1.00 e. The summed E-state index contributed by atoms with van der Waals surface area (Å²) in [6.45, 7) is 1.37. The minimum atomic E-state index is -1.25. The van der Waals surface area contributed by atoms with E-state index in [0.717, 1.165) is 0 Å². The van der Waals surface area contributed by atoms with Crippen molar-refractivity contribution in [1.29, 1.82) is 0 Å². The molecule has 0 rings (SSSR count). The maximum atomic E-state index is 10.0. The van der Waals surface area contributed by atoms with Crippen LogP contribution in [0.1, 0.15) is 19.8 Å². The van der Waals surface area contributed by atoms with E-state index in [0.29, 0.717) is 0 Å². The topological polar surface area (TPSA) is 77.4 Å². The first kappa shape index (κ1) is 13.8. The van der Waals surface area contributed by atoms with E-state index in [1.807, 2.05) is 0 Å². The van der Waals surface area contributed by atoms with Crippen LogP contribution >= 0.6 is 0 Å². The van der Waals surface area contributed by atoms with Crippen LogP contribution in [-0.2, 0) is 9.59 Å². The van der Waals surface area contributed by atoms with E-state index in [1.165, 1.54) is 13.0 Å². The van der Waals surface area contributed by atoms with Gasteiger partial charge in [0.05, 0.1) is 5.97 Å².